The standard InChI is InChI=1S/C24H21N6O4S2/c25-14-17-1-6-21-18(13-17)7-9-28(21)15-22(31)29-10-11-30(23(32)16-29)19-2-4-20(5-3-19)36(33,34)27-24-26-8-12-35-24/h1-6,8-9,12-13H,7,10-11,15-16H2,(H,26,27)/q+1. The molecule has 2 amide bonds. The number of carbonyl (C=O) groups is 2. The number of rotatable bonds is 6. The van der Waals surface area contributed by atoms with Gasteiger partial charge in [0.1, 0.15) is 6.54 Å². The van der Waals surface area contributed by atoms with E-state index < -0.39 is 10.0 Å². The van der Waals surface area contributed by atoms with Gasteiger partial charge in [-0.2, -0.15) is 9.84 Å². The molecule has 0 aliphatic carbocycles. The highest BCUT2D eigenvalue weighted by molar-refractivity contribution is 7.93. The summed E-state index contributed by atoms with van der Waals surface area (Å²) in [5, 5.41) is 11.0. The van der Waals surface area contributed by atoms with Crippen LogP contribution in [-0.2, 0) is 26.0 Å². The van der Waals surface area contributed by atoms with Gasteiger partial charge < -0.3 is 9.80 Å². The quantitative estimate of drug-likeness (QED) is 0.494. The van der Waals surface area contributed by atoms with Crippen molar-refractivity contribution in [2.24, 2.45) is 0 Å². The number of hydrogen-bond acceptors (Lipinski definition) is 7. The number of anilines is 2. The summed E-state index contributed by atoms with van der Waals surface area (Å²) in [5.74, 6) is -0.401. The second-order valence-electron chi connectivity index (χ2n) is 8.27. The van der Waals surface area contributed by atoms with Crippen LogP contribution in [-0.4, -0.2) is 67.1 Å². The molecule has 0 saturated carbocycles. The molecular weight excluding hydrogens is 500 g/mol. The Morgan fingerprint density at radius 1 is 1.19 bits per heavy atom. The van der Waals surface area contributed by atoms with E-state index in [1.807, 2.05) is 22.9 Å². The van der Waals surface area contributed by atoms with E-state index in [9.17, 15) is 18.0 Å². The Balaban J connectivity index is 1.21. The molecule has 0 bridgehead atoms. The zero-order valence-corrected chi connectivity index (χ0v) is 20.6. The van der Waals surface area contributed by atoms with Crippen LogP contribution in [0.2, 0.25) is 0 Å². The zero-order valence-electron chi connectivity index (χ0n) is 19.0. The van der Waals surface area contributed by atoms with Crippen molar-refractivity contribution in [1.29, 1.82) is 5.26 Å². The van der Waals surface area contributed by atoms with Gasteiger partial charge in [0.2, 0.25) is 18.1 Å². The number of nitrogens with zero attached hydrogens (tertiary/aromatic N) is 5. The Labute approximate surface area is 211 Å². The third kappa shape index (κ3) is 4.71. The topological polar surface area (TPSA) is 126 Å². The first kappa shape index (κ1) is 23.7. The van der Waals surface area contributed by atoms with Crippen LogP contribution in [0.1, 0.15) is 11.1 Å². The van der Waals surface area contributed by atoms with Gasteiger partial charge in [0, 0.05) is 42.0 Å². The minimum atomic E-state index is -3.78. The summed E-state index contributed by atoms with van der Waals surface area (Å²) < 4.78 is 29.3. The maximum Gasteiger partial charge on any atom is 0.289 e. The molecule has 182 valence electrons. The Bertz CT molecular complexity index is 1510. The SMILES string of the molecule is N#Cc1ccc2c(c1)CC=[N+]2CC(=O)N1CCN(c2ccc(S(=O)(=O)Nc3nccs3)cc2)C(=O)C1. The Morgan fingerprint density at radius 3 is 2.69 bits per heavy atom. The smallest absolute Gasteiger partial charge is 0.289 e. The molecule has 0 spiro atoms. The Morgan fingerprint density at radius 2 is 2.00 bits per heavy atom. The lowest BCUT2D eigenvalue weighted by Gasteiger charge is -2.34. The van der Waals surface area contributed by atoms with Gasteiger partial charge in [-0.25, -0.2) is 13.4 Å². The fourth-order valence-electron chi connectivity index (χ4n) is 4.21. The van der Waals surface area contributed by atoms with Crippen molar-refractivity contribution in [3.05, 3.63) is 65.2 Å². The van der Waals surface area contributed by atoms with Crippen LogP contribution >= 0.6 is 11.3 Å². The average Bonchev–Trinajstić information content (AvgIpc) is 3.53. The van der Waals surface area contributed by atoms with E-state index >= 15 is 0 Å². The number of carbonyl (C=O) groups excluding carboxylic acids is 2. The van der Waals surface area contributed by atoms with Gasteiger partial charge in [-0.05, 0) is 36.4 Å². The minimum absolute atomic E-state index is 0.0570. The van der Waals surface area contributed by atoms with Crippen LogP contribution in [0, 0.1) is 11.3 Å². The van der Waals surface area contributed by atoms with Gasteiger partial charge in [0.05, 0.1) is 22.9 Å². The molecule has 3 aromatic rings. The van der Waals surface area contributed by atoms with E-state index in [0.29, 0.717) is 30.8 Å². The largest absolute Gasteiger partial charge is 0.326 e. The summed E-state index contributed by atoms with van der Waals surface area (Å²) in [6, 6.07) is 13.5. The number of fused-ring (bicyclic) bond motifs is 1. The Kier molecular flexibility index (Phi) is 6.26. The fourth-order valence-corrected chi connectivity index (χ4v) is 6.00. The molecule has 2 aliphatic heterocycles. The molecule has 10 nitrogen and oxygen atoms in total. The van der Waals surface area contributed by atoms with Gasteiger partial charge >= 0.3 is 0 Å². The van der Waals surface area contributed by atoms with Crippen molar-refractivity contribution >= 4 is 55.9 Å². The highest BCUT2D eigenvalue weighted by Gasteiger charge is 2.32. The number of nitriles is 1. The number of benzene rings is 2. The van der Waals surface area contributed by atoms with Crippen LogP contribution in [0.25, 0.3) is 0 Å². The van der Waals surface area contributed by atoms with Crippen molar-refractivity contribution in [3.8, 4) is 6.07 Å². The third-order valence-electron chi connectivity index (χ3n) is 6.04. The first-order valence-corrected chi connectivity index (χ1v) is 13.4. The average molecular weight is 522 g/mol. The van der Waals surface area contributed by atoms with E-state index in [4.69, 9.17) is 5.26 Å². The lowest BCUT2D eigenvalue weighted by Crippen LogP contribution is -2.53. The second-order valence-corrected chi connectivity index (χ2v) is 10.8. The van der Waals surface area contributed by atoms with Crippen LogP contribution in [0.3, 0.4) is 0 Å². The lowest BCUT2D eigenvalue weighted by molar-refractivity contribution is -0.421. The third-order valence-corrected chi connectivity index (χ3v) is 8.21. The monoisotopic (exact) mass is 521 g/mol. The van der Waals surface area contributed by atoms with Gasteiger partial charge in [0.25, 0.3) is 15.9 Å². The second kappa shape index (κ2) is 9.52. The van der Waals surface area contributed by atoms with E-state index in [2.05, 4.69) is 15.8 Å². The van der Waals surface area contributed by atoms with Crippen LogP contribution < -0.4 is 9.62 Å². The molecule has 36 heavy (non-hydrogen) atoms. The summed E-state index contributed by atoms with van der Waals surface area (Å²) in [4.78, 5) is 32.8. The van der Waals surface area contributed by atoms with Crippen LogP contribution in [0.4, 0.5) is 16.5 Å². The number of piperazine rings is 1. The van der Waals surface area contributed by atoms with Crippen molar-refractivity contribution in [2.45, 2.75) is 11.3 Å². The first-order chi connectivity index (χ1) is 17.3. The van der Waals surface area contributed by atoms with Gasteiger partial charge in [-0.1, -0.05) is 0 Å². The normalized spacial score (nSPS) is 15.3. The predicted molar refractivity (Wildman–Crippen MR) is 134 cm³/mol. The van der Waals surface area contributed by atoms with E-state index in [1.165, 1.54) is 34.6 Å². The highest BCUT2D eigenvalue weighted by Crippen LogP contribution is 2.26. The number of nitrogens with one attached hydrogen (secondary N) is 1. The molecule has 0 radical (unpaired) electrons. The Hall–Kier alpha value is -4.08. The highest BCUT2D eigenvalue weighted by atomic mass is 32.2. The van der Waals surface area contributed by atoms with Crippen LogP contribution in [0.15, 0.2) is 58.9 Å². The lowest BCUT2D eigenvalue weighted by atomic mass is 10.1. The van der Waals surface area contributed by atoms with Crippen molar-refractivity contribution in [2.75, 3.05) is 35.8 Å². The van der Waals surface area contributed by atoms with Gasteiger partial charge in [-0.3, -0.25) is 14.3 Å². The number of amides is 2. The number of thiazole rings is 1. The maximum atomic E-state index is 12.9. The summed E-state index contributed by atoms with van der Waals surface area (Å²) in [7, 11) is -3.78. The van der Waals surface area contributed by atoms with Crippen molar-refractivity contribution in [3.63, 3.8) is 0 Å². The van der Waals surface area contributed by atoms with E-state index in [-0.39, 0.29) is 34.9 Å². The molecule has 1 N–H and O–H groups in total. The number of aromatic nitrogens is 1. The maximum absolute atomic E-state index is 12.9. The minimum Gasteiger partial charge on any atom is -0.326 e. The molecule has 2 aliphatic rings. The molecule has 1 fully saturated rings. The van der Waals surface area contributed by atoms with E-state index in [0.717, 1.165) is 11.3 Å². The van der Waals surface area contributed by atoms with Crippen molar-refractivity contribution < 1.29 is 22.6 Å². The molecule has 3 heterocycles. The number of hydrogen-bond donors (Lipinski definition) is 1. The summed E-state index contributed by atoms with van der Waals surface area (Å²) in [6.07, 6.45) is 4.08. The summed E-state index contributed by atoms with van der Waals surface area (Å²) >= 11 is 1.18. The first-order valence-electron chi connectivity index (χ1n) is 11.1. The van der Waals surface area contributed by atoms with Crippen LogP contribution in [0.5, 0.6) is 0 Å². The molecule has 2 aromatic carbocycles. The van der Waals surface area contributed by atoms with E-state index in [1.54, 1.807) is 28.5 Å². The molecular formula is C24H21N6O4S2+. The molecule has 5 rings (SSSR count). The summed E-state index contributed by atoms with van der Waals surface area (Å²) in [5.41, 5.74) is 3.04. The molecule has 0 unspecified atom stereocenters. The van der Waals surface area contributed by atoms with Crippen molar-refractivity contribution in [1.82, 2.24) is 9.88 Å². The van der Waals surface area contributed by atoms with Gasteiger partial charge in [-0.15, -0.1) is 11.3 Å². The van der Waals surface area contributed by atoms with Gasteiger partial charge in [0.15, 0.2) is 11.3 Å². The number of sulfonamides is 1. The molecule has 1 aromatic heterocycles. The molecule has 12 heteroatoms. The predicted octanol–water partition coefficient (Wildman–Crippen LogP) is 1.96. The molecule has 1 saturated heterocycles. The zero-order chi connectivity index (χ0) is 25.3. The fraction of sp³-hybridized carbons (Fsp3) is 0.208. The molecule has 0 atom stereocenters. The summed E-state index contributed by atoms with van der Waals surface area (Å²) in [6.45, 7) is 0.730.